The Morgan fingerprint density at radius 1 is 1.00 bits per heavy atom. The number of rotatable bonds is 15. The topological polar surface area (TPSA) is 120 Å². The lowest BCUT2D eigenvalue weighted by Crippen LogP contribution is -2.59. The normalized spacial score (nSPS) is 29.2. The molecule has 0 aromatic heterocycles. The highest BCUT2D eigenvalue weighted by molar-refractivity contribution is 5.87. The highest BCUT2D eigenvalue weighted by Crippen LogP contribution is 2.22. The van der Waals surface area contributed by atoms with E-state index in [0.717, 1.165) is 0 Å². The van der Waals surface area contributed by atoms with Crippen LogP contribution in [0.15, 0.2) is 78.6 Å². The van der Waals surface area contributed by atoms with E-state index in [1.54, 1.807) is 10.6 Å². The Labute approximate surface area is 317 Å². The molecule has 1 fully saturated rings. The average molecular weight is 661 g/mol. The van der Waals surface area contributed by atoms with E-state index >= 15 is 0 Å². The van der Waals surface area contributed by atoms with Crippen LogP contribution in [-0.2, 0) is 22.3 Å². The lowest BCUT2D eigenvalue weighted by molar-refractivity contribution is -0.128. The van der Waals surface area contributed by atoms with Gasteiger partial charge in [-0.3, -0.25) is 9.59 Å². The molecule has 46 heavy (non-hydrogen) atoms. The lowest BCUT2D eigenvalue weighted by atomic mass is 9.92. The Morgan fingerprint density at radius 2 is 1.65 bits per heavy atom. The summed E-state index contributed by atoms with van der Waals surface area (Å²) >= 11 is 0. The van der Waals surface area contributed by atoms with Gasteiger partial charge in [0.05, 0.1) is 32.7 Å². The number of nitrogens with one attached hydrogen (secondary N) is 3. The van der Waals surface area contributed by atoms with Gasteiger partial charge in [-0.2, -0.15) is 0 Å². The number of carbonyl (C=O) groups is 3. The summed E-state index contributed by atoms with van der Waals surface area (Å²) in [5, 5.41) is 17.7. The van der Waals surface area contributed by atoms with Gasteiger partial charge in [-0.25, -0.2) is 4.79 Å². The van der Waals surface area contributed by atoms with E-state index in [1.165, 1.54) is 0 Å². The molecular formula is C37H48N4O5. The fourth-order valence-corrected chi connectivity index (χ4v) is 3.94. The molecule has 4 atom stereocenters. The molecule has 4 amide bonds. The highest BCUT2D eigenvalue weighted by Gasteiger charge is 2.35. The number of hydrogen-bond donors (Lipinski definition) is 4. The van der Waals surface area contributed by atoms with E-state index in [9.17, 15) is 27.7 Å². The summed E-state index contributed by atoms with van der Waals surface area (Å²) in [6.07, 6.45) is -13.8. The molecule has 0 saturated carbocycles. The zero-order valence-electron chi connectivity index (χ0n) is 55.7. The van der Waals surface area contributed by atoms with Crippen molar-refractivity contribution < 1.29 is 68.1 Å². The molecule has 1 saturated heterocycles. The maximum atomic E-state index is 15.0. The second-order valence-electron chi connectivity index (χ2n) is 9.21. The predicted octanol–water partition coefficient (Wildman–Crippen LogP) is 4.33. The van der Waals surface area contributed by atoms with Crippen molar-refractivity contribution in [2.75, 3.05) is 19.7 Å². The summed E-state index contributed by atoms with van der Waals surface area (Å²) in [6, 6.07) is -30.4. The van der Waals surface area contributed by atoms with Crippen LogP contribution in [0.1, 0.15) is 92.7 Å². The van der Waals surface area contributed by atoms with E-state index in [0.29, 0.717) is 0 Å². The molecule has 3 aromatic rings. The second-order valence-corrected chi connectivity index (χ2v) is 9.21. The molecule has 4 rings (SSSR count). The molecule has 1 heterocycles. The minimum atomic E-state index is -4.47. The Balaban J connectivity index is 2.13. The van der Waals surface area contributed by atoms with Crippen molar-refractivity contribution in [1.29, 1.82) is 0 Å². The van der Waals surface area contributed by atoms with Crippen molar-refractivity contribution in [2.45, 2.75) is 77.2 Å². The van der Waals surface area contributed by atoms with Crippen LogP contribution in [-0.4, -0.2) is 71.7 Å². The van der Waals surface area contributed by atoms with Crippen molar-refractivity contribution in [3.63, 3.8) is 0 Å². The summed E-state index contributed by atoms with van der Waals surface area (Å²) < 4.78 is 275. The third kappa shape index (κ3) is 9.81. The van der Waals surface area contributed by atoms with Gasteiger partial charge in [-0.15, -0.1) is 0 Å². The van der Waals surface area contributed by atoms with Crippen LogP contribution in [0.4, 0.5) is 4.79 Å². The minimum Gasteiger partial charge on any atom is -0.483 e. The van der Waals surface area contributed by atoms with Crippen molar-refractivity contribution >= 4 is 17.8 Å². The standard InChI is InChI=1S/C37H48N4O5/c1-25(2)34(41-20-12-19-38-37(41)45)36(44)39-30(21-28-15-7-5-8-16-28)23-32(42)31(22-29-17-9-6-10-18-29)40-33(43)24-46-35-26(3)13-11-14-27(35)4/h5-11,13-18,25,30-32,34,42H,12,19-24H2,1-4H3,(H,38,45)(H,39,44)(H,40,43)/t30-,31-,32-,34-/m0/s1/i1D3,2D3,3D3,4D3,5D,6D,7D,8D,9D,10D,11D,13D,14D,15D,16D,17D,18D,21D2,22D2,25D,31D,34D. The van der Waals surface area contributed by atoms with Crippen LogP contribution in [0.25, 0.3) is 0 Å². The van der Waals surface area contributed by atoms with Gasteiger partial charge in [-0.1, -0.05) is 92.3 Å². The van der Waals surface area contributed by atoms with Gasteiger partial charge in [0.25, 0.3) is 5.91 Å². The van der Waals surface area contributed by atoms with Gasteiger partial charge >= 0.3 is 6.03 Å². The van der Waals surface area contributed by atoms with Crippen molar-refractivity contribution in [3.05, 3.63) is 101 Å². The Morgan fingerprint density at radius 3 is 2.26 bits per heavy atom. The molecule has 9 heteroatoms. The fourth-order valence-electron chi connectivity index (χ4n) is 3.94. The molecule has 0 aliphatic carbocycles. The second kappa shape index (κ2) is 16.8. The number of benzene rings is 3. The Hall–Kier alpha value is -4.37. The number of amides is 4. The quantitative estimate of drug-likeness (QED) is 0.194. The lowest BCUT2D eigenvalue weighted by Gasteiger charge is -2.37. The number of aliphatic hydroxyl groups is 1. The van der Waals surface area contributed by atoms with E-state index in [2.05, 4.69) is 5.32 Å². The Kier molecular flexibility index (Phi) is 4.27. The molecular weight excluding hydrogens is 580 g/mol. The minimum absolute atomic E-state index is 0.0303. The smallest absolute Gasteiger partial charge is 0.318 e. The molecule has 0 radical (unpaired) electrons. The number of carbonyl (C=O) groups excluding carboxylic acids is 3. The van der Waals surface area contributed by atoms with Crippen LogP contribution in [0.2, 0.25) is 0 Å². The number of urea groups is 1. The molecule has 0 unspecified atom stereocenters. The first kappa shape index (κ1) is 11.7. The molecule has 0 spiro atoms. The number of ether oxygens (including phenoxy) is 1. The van der Waals surface area contributed by atoms with E-state index in [1.807, 2.05) is 0 Å². The SMILES string of the molecule is [2H]c1c([2H])c([2H])c(C([2H])([2H])[C@@H](C[C@H](O)[C@@]([2H])(NC(=O)COc2c(C([2H])([2H])[2H])c([2H])c([2H])c([2H])c2C([2H])([2H])[2H])C([2H])([2H])c2c([2H])c([2H])c([2H])c([2H])c2[2H])NC(=O)[C@@]([2H])(N2CCCNC2=O)C([2H])(C([2H])([2H])[2H])C([2H])([2H])[2H])c([2H])c1[2H]. The summed E-state index contributed by atoms with van der Waals surface area (Å²) in [7, 11) is 0. The summed E-state index contributed by atoms with van der Waals surface area (Å²) in [4.78, 5) is 42.5. The maximum absolute atomic E-state index is 15.0. The first-order valence-corrected chi connectivity index (χ1v) is 13.3. The largest absolute Gasteiger partial charge is 0.483 e. The zero-order chi connectivity index (χ0) is 60.7. The average Bonchev–Trinajstić information content (AvgIpc) is 3.29. The van der Waals surface area contributed by atoms with Crippen molar-refractivity contribution in [2.24, 2.45) is 5.89 Å². The van der Waals surface area contributed by atoms with Gasteiger partial charge in [0.2, 0.25) is 5.91 Å². The summed E-state index contributed by atoms with van der Waals surface area (Å²) in [5.41, 5.74) is -5.77. The number of hydrogen-bond acceptors (Lipinski definition) is 5. The van der Waals surface area contributed by atoms with Gasteiger partial charge < -0.3 is 30.7 Å². The molecule has 9 nitrogen and oxygen atoms in total. The number of aliphatic hydroxyl groups excluding tert-OH is 1. The van der Waals surface area contributed by atoms with Gasteiger partial charge in [0, 0.05) is 42.4 Å². The van der Waals surface area contributed by atoms with E-state index < -0.39 is 214 Å². The van der Waals surface area contributed by atoms with Crippen molar-refractivity contribution in [3.8, 4) is 5.75 Å². The fraction of sp³-hybridized carbons (Fsp3) is 0.432. The summed E-state index contributed by atoms with van der Waals surface area (Å²) in [5.74, 6) is -10.3. The van der Waals surface area contributed by atoms with Gasteiger partial charge in [0.1, 0.15) is 11.8 Å². The van der Waals surface area contributed by atoms with Crippen LogP contribution in [0.5, 0.6) is 5.75 Å². The molecule has 246 valence electrons. The highest BCUT2D eigenvalue weighted by atomic mass is 16.5. The first-order chi connectivity index (χ1) is 35.0. The number of para-hydroxylation sites is 1. The third-order valence-corrected chi connectivity index (χ3v) is 5.93. The number of nitrogens with zero attached hydrogens (tertiary/aromatic N) is 1. The molecule has 1 aliphatic heterocycles. The monoisotopic (exact) mass is 661 g/mol. The van der Waals surface area contributed by atoms with Crippen LogP contribution in [0.3, 0.4) is 0 Å². The molecule has 1 aliphatic rings. The molecule has 0 bridgehead atoms. The zero-order valence-corrected chi connectivity index (χ0v) is 23.7. The van der Waals surface area contributed by atoms with E-state index in [-0.39, 0.29) is 17.9 Å². The van der Waals surface area contributed by atoms with Crippen LogP contribution < -0.4 is 20.7 Å². The third-order valence-electron chi connectivity index (χ3n) is 5.93. The summed E-state index contributed by atoms with van der Waals surface area (Å²) in [6.45, 7) is -18.6. The molecule has 3 aromatic carbocycles. The predicted molar refractivity (Wildman–Crippen MR) is 180 cm³/mol. The first-order valence-electron chi connectivity index (χ1n) is 29.3. The Bertz CT molecular complexity index is 2770. The van der Waals surface area contributed by atoms with Gasteiger partial charge in [0.15, 0.2) is 6.61 Å². The van der Waals surface area contributed by atoms with Crippen LogP contribution >= 0.6 is 0 Å². The van der Waals surface area contributed by atoms with Crippen LogP contribution in [0, 0.1) is 19.6 Å². The van der Waals surface area contributed by atoms with Crippen molar-refractivity contribution in [1.82, 2.24) is 20.9 Å². The van der Waals surface area contributed by atoms with Gasteiger partial charge in [-0.05, 0) is 67.4 Å². The maximum Gasteiger partial charge on any atom is 0.318 e. The molecule has 4 N–H and O–H groups in total. The van der Waals surface area contributed by atoms with E-state index in [4.69, 9.17) is 40.4 Å².